The van der Waals surface area contributed by atoms with E-state index in [2.05, 4.69) is 0 Å². The van der Waals surface area contributed by atoms with Crippen LogP contribution < -0.4 is 0 Å². The maximum absolute atomic E-state index is 12.1. The number of ether oxygens (including phenoxy) is 1. The van der Waals surface area contributed by atoms with Gasteiger partial charge in [-0.2, -0.15) is 11.3 Å². The van der Waals surface area contributed by atoms with Gasteiger partial charge in [0.2, 0.25) is 0 Å². The van der Waals surface area contributed by atoms with Crippen molar-refractivity contribution in [2.45, 2.75) is 6.54 Å². The molecular formula is C19H17NO3S. The van der Waals surface area contributed by atoms with Crippen molar-refractivity contribution in [3.63, 3.8) is 0 Å². The Kier molecular flexibility index (Phi) is 4.91. The molecule has 3 aromatic rings. The zero-order chi connectivity index (χ0) is 16.9. The first kappa shape index (κ1) is 16.2. The summed E-state index contributed by atoms with van der Waals surface area (Å²) in [5.74, 6) is -0.714. The highest BCUT2D eigenvalue weighted by Crippen LogP contribution is 2.16. The minimum Gasteiger partial charge on any atom is -0.452 e. The van der Waals surface area contributed by atoms with E-state index in [4.69, 9.17) is 4.74 Å². The number of hydrogen-bond donors (Lipinski definition) is 0. The molecule has 4 nitrogen and oxygen atoms in total. The number of amides is 1. The summed E-state index contributed by atoms with van der Waals surface area (Å²) < 4.78 is 5.15. The first-order valence-corrected chi connectivity index (χ1v) is 8.49. The van der Waals surface area contributed by atoms with E-state index in [9.17, 15) is 9.59 Å². The van der Waals surface area contributed by atoms with Gasteiger partial charge in [0.25, 0.3) is 5.91 Å². The highest BCUT2D eigenvalue weighted by Gasteiger charge is 2.14. The number of benzene rings is 2. The lowest BCUT2D eigenvalue weighted by molar-refractivity contribution is -0.133. The Morgan fingerprint density at radius 2 is 1.88 bits per heavy atom. The number of carbonyl (C=O) groups is 2. The van der Waals surface area contributed by atoms with Crippen LogP contribution in [0.1, 0.15) is 15.9 Å². The molecule has 24 heavy (non-hydrogen) atoms. The lowest BCUT2D eigenvalue weighted by Gasteiger charge is -2.16. The first-order chi connectivity index (χ1) is 11.6. The number of esters is 1. The van der Waals surface area contributed by atoms with Gasteiger partial charge < -0.3 is 9.64 Å². The van der Waals surface area contributed by atoms with Crippen LogP contribution in [0.25, 0.3) is 10.8 Å². The largest absolute Gasteiger partial charge is 0.452 e. The van der Waals surface area contributed by atoms with Crippen LogP contribution in [-0.4, -0.2) is 30.4 Å². The van der Waals surface area contributed by atoms with Crippen molar-refractivity contribution in [2.24, 2.45) is 0 Å². The lowest BCUT2D eigenvalue weighted by atomic mass is 10.1. The first-order valence-electron chi connectivity index (χ1n) is 7.54. The van der Waals surface area contributed by atoms with Crippen LogP contribution in [0.4, 0.5) is 0 Å². The molecule has 0 unspecified atom stereocenters. The summed E-state index contributed by atoms with van der Waals surface area (Å²) in [7, 11) is 1.70. The van der Waals surface area contributed by atoms with E-state index in [1.807, 2.05) is 47.2 Å². The van der Waals surface area contributed by atoms with E-state index in [0.29, 0.717) is 12.1 Å². The zero-order valence-corrected chi connectivity index (χ0v) is 14.1. The number of thiophene rings is 1. The molecular weight excluding hydrogens is 322 g/mol. The average molecular weight is 339 g/mol. The Morgan fingerprint density at radius 3 is 2.62 bits per heavy atom. The average Bonchev–Trinajstić information content (AvgIpc) is 3.11. The molecule has 0 aliphatic carbocycles. The molecule has 5 heteroatoms. The lowest BCUT2D eigenvalue weighted by Crippen LogP contribution is -2.30. The van der Waals surface area contributed by atoms with Crippen molar-refractivity contribution in [2.75, 3.05) is 13.7 Å². The van der Waals surface area contributed by atoms with E-state index in [-0.39, 0.29) is 12.5 Å². The molecule has 0 saturated carbocycles. The summed E-state index contributed by atoms with van der Waals surface area (Å²) in [4.78, 5) is 25.8. The highest BCUT2D eigenvalue weighted by atomic mass is 32.1. The molecule has 0 spiro atoms. The van der Waals surface area contributed by atoms with Gasteiger partial charge in [0, 0.05) is 13.6 Å². The molecule has 0 aliphatic heterocycles. The summed E-state index contributed by atoms with van der Waals surface area (Å²) in [6.45, 7) is 0.252. The molecule has 0 aliphatic rings. The number of rotatable bonds is 5. The molecule has 3 rings (SSSR count). The van der Waals surface area contributed by atoms with Crippen LogP contribution >= 0.6 is 11.3 Å². The smallest absolute Gasteiger partial charge is 0.338 e. The van der Waals surface area contributed by atoms with Crippen molar-refractivity contribution < 1.29 is 14.3 Å². The number of fused-ring (bicyclic) bond motifs is 1. The van der Waals surface area contributed by atoms with Crippen molar-refractivity contribution >= 4 is 34.0 Å². The Bertz CT molecular complexity index is 858. The quantitative estimate of drug-likeness (QED) is 0.666. The fourth-order valence-corrected chi connectivity index (χ4v) is 3.04. The fraction of sp³-hybridized carbons (Fsp3) is 0.158. The summed E-state index contributed by atoms with van der Waals surface area (Å²) in [6.07, 6.45) is 0. The molecule has 0 fully saturated rings. The van der Waals surface area contributed by atoms with Gasteiger partial charge in [-0.05, 0) is 45.3 Å². The summed E-state index contributed by atoms with van der Waals surface area (Å²) in [5, 5.41) is 5.98. The van der Waals surface area contributed by atoms with E-state index >= 15 is 0 Å². The van der Waals surface area contributed by atoms with E-state index in [0.717, 1.165) is 16.3 Å². The normalized spacial score (nSPS) is 10.5. The van der Waals surface area contributed by atoms with Gasteiger partial charge in [-0.1, -0.05) is 30.3 Å². The van der Waals surface area contributed by atoms with Crippen molar-refractivity contribution in [1.82, 2.24) is 4.90 Å². The van der Waals surface area contributed by atoms with Crippen LogP contribution in [0.5, 0.6) is 0 Å². The summed E-state index contributed by atoms with van der Waals surface area (Å²) in [6, 6.07) is 15.1. The number of nitrogens with zero attached hydrogens (tertiary/aromatic N) is 1. The fourth-order valence-electron chi connectivity index (χ4n) is 2.38. The van der Waals surface area contributed by atoms with Crippen molar-refractivity contribution in [3.8, 4) is 0 Å². The predicted octanol–water partition coefficient (Wildman–Crippen LogP) is 3.72. The molecule has 1 aromatic heterocycles. The van der Waals surface area contributed by atoms with Crippen LogP contribution in [0.2, 0.25) is 0 Å². The van der Waals surface area contributed by atoms with Crippen LogP contribution in [-0.2, 0) is 16.1 Å². The van der Waals surface area contributed by atoms with Crippen LogP contribution in [0, 0.1) is 0 Å². The number of carbonyl (C=O) groups excluding carboxylic acids is 2. The monoisotopic (exact) mass is 339 g/mol. The van der Waals surface area contributed by atoms with Gasteiger partial charge in [0.1, 0.15) is 0 Å². The topological polar surface area (TPSA) is 46.6 Å². The third-order valence-electron chi connectivity index (χ3n) is 3.74. The van der Waals surface area contributed by atoms with Crippen LogP contribution in [0.15, 0.2) is 59.3 Å². The van der Waals surface area contributed by atoms with Crippen LogP contribution in [0.3, 0.4) is 0 Å². The number of hydrogen-bond acceptors (Lipinski definition) is 4. The second kappa shape index (κ2) is 7.27. The van der Waals surface area contributed by atoms with E-state index in [1.165, 1.54) is 0 Å². The van der Waals surface area contributed by atoms with Crippen molar-refractivity contribution in [1.29, 1.82) is 0 Å². The van der Waals surface area contributed by atoms with Gasteiger partial charge in [0.15, 0.2) is 6.61 Å². The molecule has 0 atom stereocenters. The third kappa shape index (κ3) is 3.81. The van der Waals surface area contributed by atoms with Gasteiger partial charge in [-0.25, -0.2) is 4.79 Å². The van der Waals surface area contributed by atoms with Gasteiger partial charge in [0.05, 0.1) is 5.56 Å². The summed E-state index contributed by atoms with van der Waals surface area (Å²) >= 11 is 1.59. The molecule has 2 aromatic carbocycles. The SMILES string of the molecule is CN(Cc1ccsc1)C(=O)COC(=O)c1ccc2ccccc2c1. The van der Waals surface area contributed by atoms with E-state index < -0.39 is 5.97 Å². The standard InChI is InChI=1S/C19H17NO3S/c1-20(11-14-8-9-24-13-14)18(21)12-23-19(22)17-7-6-15-4-2-3-5-16(15)10-17/h2-10,13H,11-12H2,1H3. The minimum absolute atomic E-state index is 0.227. The molecule has 1 heterocycles. The zero-order valence-electron chi connectivity index (χ0n) is 13.3. The maximum Gasteiger partial charge on any atom is 0.338 e. The molecule has 0 saturated heterocycles. The highest BCUT2D eigenvalue weighted by molar-refractivity contribution is 7.07. The maximum atomic E-state index is 12.1. The third-order valence-corrected chi connectivity index (χ3v) is 4.47. The Morgan fingerprint density at radius 1 is 1.08 bits per heavy atom. The Balaban J connectivity index is 1.58. The predicted molar refractivity (Wildman–Crippen MR) is 95.0 cm³/mol. The summed E-state index contributed by atoms with van der Waals surface area (Å²) in [5.41, 5.74) is 1.51. The van der Waals surface area contributed by atoms with Gasteiger partial charge in [-0.3, -0.25) is 4.79 Å². The van der Waals surface area contributed by atoms with Gasteiger partial charge >= 0.3 is 5.97 Å². The minimum atomic E-state index is -0.488. The molecule has 0 bridgehead atoms. The second-order valence-corrected chi connectivity index (χ2v) is 6.30. The number of likely N-dealkylation sites (N-methyl/N-ethyl adjacent to an activating group) is 1. The Labute approximate surface area is 144 Å². The Hall–Kier alpha value is -2.66. The molecule has 0 radical (unpaired) electrons. The molecule has 1 amide bonds. The van der Waals surface area contributed by atoms with Crippen molar-refractivity contribution in [3.05, 3.63) is 70.4 Å². The molecule has 0 N–H and O–H groups in total. The van der Waals surface area contributed by atoms with E-state index in [1.54, 1.807) is 35.4 Å². The molecule has 122 valence electrons. The second-order valence-electron chi connectivity index (χ2n) is 5.52. The van der Waals surface area contributed by atoms with Gasteiger partial charge in [-0.15, -0.1) is 0 Å².